The van der Waals surface area contributed by atoms with Crippen LogP contribution in [0.2, 0.25) is 0 Å². The van der Waals surface area contributed by atoms with Crippen LogP contribution in [0.3, 0.4) is 0 Å². The molecule has 0 spiro atoms. The molecule has 19 heavy (non-hydrogen) atoms. The minimum atomic E-state index is -0.204. The van der Waals surface area contributed by atoms with Crippen molar-refractivity contribution in [3.63, 3.8) is 0 Å². The zero-order valence-electron chi connectivity index (χ0n) is 11.3. The van der Waals surface area contributed by atoms with Gasteiger partial charge in [0.2, 0.25) is 0 Å². The first-order valence-corrected chi connectivity index (χ1v) is 7.20. The number of rotatable bonds is 3. The molecule has 1 aliphatic rings. The van der Waals surface area contributed by atoms with E-state index in [1.807, 2.05) is 0 Å². The Labute approximate surface area is 119 Å². The first kappa shape index (κ1) is 14.2. The maximum absolute atomic E-state index is 12.8. The Bertz CT molecular complexity index is 413. The van der Waals surface area contributed by atoms with E-state index in [-0.39, 0.29) is 5.82 Å². The van der Waals surface area contributed by atoms with Gasteiger partial charge in [-0.2, -0.15) is 0 Å². The van der Waals surface area contributed by atoms with Crippen molar-refractivity contribution < 1.29 is 9.29 Å². The van der Waals surface area contributed by atoms with Crippen LogP contribution in [0.15, 0.2) is 24.3 Å². The highest BCUT2D eigenvalue weighted by molar-refractivity contribution is 7.80. The highest BCUT2D eigenvalue weighted by Crippen LogP contribution is 2.02. The van der Waals surface area contributed by atoms with Gasteiger partial charge in [0.1, 0.15) is 5.82 Å². The summed E-state index contributed by atoms with van der Waals surface area (Å²) in [4.78, 5) is 3.86. The van der Waals surface area contributed by atoms with Crippen molar-refractivity contribution in [3.8, 4) is 0 Å². The van der Waals surface area contributed by atoms with Gasteiger partial charge < -0.3 is 15.1 Å². The molecule has 0 bridgehead atoms. The molecule has 2 rings (SSSR count). The van der Waals surface area contributed by atoms with Crippen LogP contribution < -0.4 is 10.2 Å². The lowest BCUT2D eigenvalue weighted by atomic mass is 10.2. The summed E-state index contributed by atoms with van der Waals surface area (Å²) in [5, 5.41) is 4.05. The molecule has 0 aromatic heterocycles. The molecule has 0 unspecified atom stereocenters. The fraction of sp³-hybridized carbons (Fsp3) is 0.500. The SMILES string of the molecule is CC[NH+]1CCN(C(=S)NCc2ccc(F)cc2)CC1. The monoisotopic (exact) mass is 282 g/mol. The Morgan fingerprint density at radius 3 is 2.53 bits per heavy atom. The van der Waals surface area contributed by atoms with Gasteiger partial charge in [-0.1, -0.05) is 12.1 Å². The second kappa shape index (κ2) is 6.82. The van der Waals surface area contributed by atoms with E-state index in [0.717, 1.165) is 36.9 Å². The Morgan fingerprint density at radius 2 is 1.95 bits per heavy atom. The van der Waals surface area contributed by atoms with Crippen molar-refractivity contribution in [3.05, 3.63) is 35.6 Å². The van der Waals surface area contributed by atoms with Crippen LogP contribution in [0.5, 0.6) is 0 Å². The summed E-state index contributed by atoms with van der Waals surface area (Å²) in [6.07, 6.45) is 0. The fourth-order valence-electron chi connectivity index (χ4n) is 2.27. The lowest BCUT2D eigenvalue weighted by Crippen LogP contribution is -3.14. The van der Waals surface area contributed by atoms with Gasteiger partial charge in [-0.25, -0.2) is 4.39 Å². The number of likely N-dealkylation sites (N-methyl/N-ethyl adjacent to an activating group) is 1. The largest absolute Gasteiger partial charge is 0.358 e. The van der Waals surface area contributed by atoms with Gasteiger partial charge in [0.05, 0.1) is 32.7 Å². The number of nitrogens with one attached hydrogen (secondary N) is 2. The summed E-state index contributed by atoms with van der Waals surface area (Å²) in [6.45, 7) is 8.38. The van der Waals surface area contributed by atoms with Crippen molar-refractivity contribution in [1.82, 2.24) is 10.2 Å². The maximum Gasteiger partial charge on any atom is 0.169 e. The standard InChI is InChI=1S/C14H20FN3S/c1-2-17-7-9-18(10-8-17)14(19)16-11-12-3-5-13(15)6-4-12/h3-6H,2,7-11H2,1H3,(H,16,19)/p+1. The molecule has 1 aromatic rings. The van der Waals surface area contributed by atoms with Crippen LogP contribution in [-0.2, 0) is 6.54 Å². The number of piperazine rings is 1. The van der Waals surface area contributed by atoms with Crippen LogP contribution in [0.1, 0.15) is 12.5 Å². The normalized spacial score (nSPS) is 16.4. The number of quaternary nitrogens is 1. The Kier molecular flexibility index (Phi) is 5.10. The highest BCUT2D eigenvalue weighted by Gasteiger charge is 2.19. The van der Waals surface area contributed by atoms with E-state index in [9.17, 15) is 4.39 Å². The molecule has 2 N–H and O–H groups in total. The van der Waals surface area contributed by atoms with E-state index in [1.165, 1.54) is 18.7 Å². The molecule has 0 radical (unpaired) electrons. The third-order valence-electron chi connectivity index (χ3n) is 3.61. The number of nitrogens with zero attached hydrogens (tertiary/aromatic N) is 1. The van der Waals surface area contributed by atoms with Gasteiger partial charge in [0.15, 0.2) is 5.11 Å². The molecule has 0 atom stereocenters. The van der Waals surface area contributed by atoms with Crippen LogP contribution >= 0.6 is 12.2 Å². The summed E-state index contributed by atoms with van der Waals surface area (Å²) in [6, 6.07) is 6.51. The van der Waals surface area contributed by atoms with E-state index in [1.54, 1.807) is 17.0 Å². The first-order chi connectivity index (χ1) is 9.19. The van der Waals surface area contributed by atoms with Crippen LogP contribution in [0.4, 0.5) is 4.39 Å². The Balaban J connectivity index is 1.77. The van der Waals surface area contributed by atoms with Crippen LogP contribution in [0.25, 0.3) is 0 Å². The number of halogens is 1. The van der Waals surface area contributed by atoms with Gasteiger partial charge in [0.25, 0.3) is 0 Å². The second-order valence-corrected chi connectivity index (χ2v) is 5.26. The third-order valence-corrected chi connectivity index (χ3v) is 4.02. The smallest absolute Gasteiger partial charge is 0.169 e. The topological polar surface area (TPSA) is 19.7 Å². The van der Waals surface area contributed by atoms with E-state index in [4.69, 9.17) is 12.2 Å². The Morgan fingerprint density at radius 1 is 1.32 bits per heavy atom. The second-order valence-electron chi connectivity index (χ2n) is 4.88. The minimum Gasteiger partial charge on any atom is -0.358 e. The Hall–Kier alpha value is -1.20. The molecule has 1 aromatic carbocycles. The molecule has 1 fully saturated rings. The van der Waals surface area contributed by atoms with Crippen molar-refractivity contribution in [2.24, 2.45) is 0 Å². The summed E-state index contributed by atoms with van der Waals surface area (Å²) in [7, 11) is 0. The van der Waals surface area contributed by atoms with E-state index >= 15 is 0 Å². The number of hydrogen-bond donors (Lipinski definition) is 2. The van der Waals surface area contributed by atoms with Crippen molar-refractivity contribution >= 4 is 17.3 Å². The first-order valence-electron chi connectivity index (χ1n) is 6.80. The fourth-order valence-corrected chi connectivity index (χ4v) is 2.53. The number of hydrogen-bond acceptors (Lipinski definition) is 1. The molecule has 5 heteroatoms. The molecule has 0 aliphatic carbocycles. The predicted octanol–water partition coefficient (Wildman–Crippen LogP) is 0.421. The lowest BCUT2D eigenvalue weighted by Gasteiger charge is -2.33. The highest BCUT2D eigenvalue weighted by atomic mass is 32.1. The molecule has 3 nitrogen and oxygen atoms in total. The van der Waals surface area contributed by atoms with Gasteiger partial charge in [-0.05, 0) is 36.8 Å². The molecular weight excluding hydrogens is 261 g/mol. The summed E-state index contributed by atoms with van der Waals surface area (Å²) in [5.41, 5.74) is 1.04. The zero-order chi connectivity index (χ0) is 13.7. The summed E-state index contributed by atoms with van der Waals surface area (Å²) in [5.74, 6) is -0.204. The number of benzene rings is 1. The van der Waals surface area contributed by atoms with Gasteiger partial charge in [-0.15, -0.1) is 0 Å². The number of thiocarbonyl (C=S) groups is 1. The van der Waals surface area contributed by atoms with Crippen molar-refractivity contribution in [2.75, 3.05) is 32.7 Å². The molecule has 1 aliphatic heterocycles. The van der Waals surface area contributed by atoms with E-state index in [2.05, 4.69) is 17.1 Å². The van der Waals surface area contributed by atoms with Crippen molar-refractivity contribution in [2.45, 2.75) is 13.5 Å². The average Bonchev–Trinajstić information content (AvgIpc) is 2.46. The molecule has 104 valence electrons. The average molecular weight is 282 g/mol. The van der Waals surface area contributed by atoms with Crippen LogP contribution in [-0.4, -0.2) is 42.7 Å². The van der Waals surface area contributed by atoms with Gasteiger partial charge in [-0.3, -0.25) is 0 Å². The quantitative estimate of drug-likeness (QED) is 0.784. The van der Waals surface area contributed by atoms with Crippen molar-refractivity contribution in [1.29, 1.82) is 0 Å². The molecule has 1 heterocycles. The minimum absolute atomic E-state index is 0.204. The summed E-state index contributed by atoms with van der Waals surface area (Å²) < 4.78 is 12.8. The zero-order valence-corrected chi connectivity index (χ0v) is 12.1. The molecular formula is C14H21FN3S+. The maximum atomic E-state index is 12.8. The molecule has 0 amide bonds. The lowest BCUT2D eigenvalue weighted by molar-refractivity contribution is -0.902. The summed E-state index contributed by atoms with van der Waals surface area (Å²) >= 11 is 5.41. The van der Waals surface area contributed by atoms with E-state index in [0.29, 0.717) is 6.54 Å². The molecule has 0 saturated carbocycles. The van der Waals surface area contributed by atoms with Crippen LogP contribution in [0, 0.1) is 5.82 Å². The van der Waals surface area contributed by atoms with Gasteiger partial charge >= 0.3 is 0 Å². The predicted molar refractivity (Wildman–Crippen MR) is 78.6 cm³/mol. The van der Waals surface area contributed by atoms with Gasteiger partial charge in [0, 0.05) is 6.54 Å². The van der Waals surface area contributed by atoms with E-state index < -0.39 is 0 Å². The molecule has 1 saturated heterocycles. The third kappa shape index (κ3) is 4.14.